The van der Waals surface area contributed by atoms with Gasteiger partial charge in [-0.15, -0.1) is 0 Å². The van der Waals surface area contributed by atoms with E-state index in [9.17, 15) is 23.5 Å². The molecule has 1 atom stereocenters. The molecule has 19 heavy (non-hydrogen) atoms. The second-order valence-corrected chi connectivity index (χ2v) is 3.80. The van der Waals surface area contributed by atoms with Gasteiger partial charge in [-0.1, -0.05) is 6.07 Å². The number of ether oxygens (including phenoxy) is 1. The van der Waals surface area contributed by atoms with E-state index in [1.165, 1.54) is 0 Å². The van der Waals surface area contributed by atoms with Crippen molar-refractivity contribution in [2.75, 3.05) is 7.11 Å². The molecule has 1 heterocycles. The number of benzene rings is 1. The maximum Gasteiger partial charge on any atom is 0.340 e. The highest BCUT2D eigenvalue weighted by molar-refractivity contribution is 6.06. The number of amides is 1. The number of esters is 1. The minimum absolute atomic E-state index is 0.517. The van der Waals surface area contributed by atoms with Crippen LogP contribution in [0.4, 0.5) is 8.78 Å². The first-order chi connectivity index (χ1) is 8.97. The Kier molecular flexibility index (Phi) is 3.20. The fourth-order valence-electron chi connectivity index (χ4n) is 1.86. The first-order valence-corrected chi connectivity index (χ1v) is 5.23. The maximum atomic E-state index is 13.6. The number of methoxy groups -OCH3 is 1. The lowest BCUT2D eigenvalue weighted by molar-refractivity contribution is -0.136. The summed E-state index contributed by atoms with van der Waals surface area (Å²) in [6.07, 6.45) is 0. The van der Waals surface area contributed by atoms with Gasteiger partial charge in [0.2, 0.25) is 0 Å². The van der Waals surface area contributed by atoms with Crippen molar-refractivity contribution in [2.45, 2.75) is 6.04 Å². The Morgan fingerprint density at radius 3 is 2.47 bits per heavy atom. The van der Waals surface area contributed by atoms with E-state index in [0.29, 0.717) is 0 Å². The Morgan fingerprint density at radius 2 is 1.95 bits per heavy atom. The van der Waals surface area contributed by atoms with E-state index in [2.05, 4.69) is 10.1 Å². The third-order valence-electron chi connectivity index (χ3n) is 2.73. The topological polar surface area (TPSA) is 75.6 Å². The van der Waals surface area contributed by atoms with Gasteiger partial charge < -0.3 is 15.2 Å². The van der Waals surface area contributed by atoms with Crippen LogP contribution in [0.15, 0.2) is 29.5 Å². The number of carbonyl (C=O) groups excluding carboxylic acids is 2. The Balaban J connectivity index is 2.57. The van der Waals surface area contributed by atoms with Gasteiger partial charge in [-0.3, -0.25) is 4.79 Å². The number of rotatable bonds is 2. The van der Waals surface area contributed by atoms with Crippen molar-refractivity contribution >= 4 is 11.9 Å². The van der Waals surface area contributed by atoms with Gasteiger partial charge in [-0.2, -0.15) is 0 Å². The molecule has 0 radical (unpaired) electrons. The maximum absolute atomic E-state index is 13.6. The third-order valence-corrected chi connectivity index (χ3v) is 2.73. The van der Waals surface area contributed by atoms with E-state index in [-0.39, 0.29) is 0 Å². The van der Waals surface area contributed by atoms with Crippen LogP contribution in [0.5, 0.6) is 0 Å². The minimum Gasteiger partial charge on any atom is -0.503 e. The molecule has 1 aliphatic rings. The van der Waals surface area contributed by atoms with Crippen LogP contribution >= 0.6 is 0 Å². The minimum atomic E-state index is -1.42. The molecule has 0 saturated carbocycles. The molecule has 1 amide bonds. The number of hydrogen-bond acceptors (Lipinski definition) is 4. The molecule has 0 spiro atoms. The summed E-state index contributed by atoms with van der Waals surface area (Å²) < 4.78 is 31.7. The molecule has 2 rings (SSSR count). The molecular formula is C12H9F2NO4. The van der Waals surface area contributed by atoms with Crippen molar-refractivity contribution in [1.29, 1.82) is 0 Å². The van der Waals surface area contributed by atoms with E-state index >= 15 is 0 Å². The Labute approximate surface area is 106 Å². The van der Waals surface area contributed by atoms with Gasteiger partial charge in [-0.05, 0) is 12.1 Å². The second kappa shape index (κ2) is 4.68. The van der Waals surface area contributed by atoms with Crippen LogP contribution in [0, 0.1) is 11.6 Å². The van der Waals surface area contributed by atoms with E-state index in [4.69, 9.17) is 0 Å². The van der Waals surface area contributed by atoms with E-state index in [1.807, 2.05) is 0 Å². The molecule has 0 bridgehead atoms. The van der Waals surface area contributed by atoms with Crippen molar-refractivity contribution in [3.63, 3.8) is 0 Å². The van der Waals surface area contributed by atoms with Crippen LogP contribution in [0.25, 0.3) is 0 Å². The van der Waals surface area contributed by atoms with Crippen molar-refractivity contribution in [2.24, 2.45) is 0 Å². The van der Waals surface area contributed by atoms with E-state index in [1.54, 1.807) is 0 Å². The Bertz CT molecular complexity index is 577. The lowest BCUT2D eigenvalue weighted by atomic mass is 9.99. The highest BCUT2D eigenvalue weighted by Crippen LogP contribution is 2.32. The number of hydrogen-bond donors (Lipinski definition) is 2. The average molecular weight is 269 g/mol. The first-order valence-electron chi connectivity index (χ1n) is 5.23. The van der Waals surface area contributed by atoms with Gasteiger partial charge in [0.05, 0.1) is 18.7 Å². The van der Waals surface area contributed by atoms with Crippen molar-refractivity contribution in [1.82, 2.24) is 5.32 Å². The number of carbonyl (C=O) groups is 2. The van der Waals surface area contributed by atoms with Gasteiger partial charge >= 0.3 is 5.97 Å². The fourth-order valence-corrected chi connectivity index (χ4v) is 1.86. The van der Waals surface area contributed by atoms with Gasteiger partial charge in [0, 0.05) is 0 Å². The summed E-state index contributed by atoms with van der Waals surface area (Å²) in [5.41, 5.74) is -1.04. The number of nitrogens with one attached hydrogen (secondary N) is 1. The van der Waals surface area contributed by atoms with Gasteiger partial charge in [-0.25, -0.2) is 13.6 Å². The van der Waals surface area contributed by atoms with Crippen LogP contribution in [-0.4, -0.2) is 24.1 Å². The predicted octanol–water partition coefficient (Wildman–Crippen LogP) is 1.12. The monoisotopic (exact) mass is 269 g/mol. The quantitative estimate of drug-likeness (QED) is 0.789. The fraction of sp³-hybridized carbons (Fsp3) is 0.167. The normalized spacial score (nSPS) is 18.5. The van der Waals surface area contributed by atoms with Gasteiger partial charge in [0.25, 0.3) is 5.91 Å². The molecule has 1 aliphatic heterocycles. The number of aliphatic hydroxyl groups excluding tert-OH is 1. The molecule has 7 heteroatoms. The molecule has 100 valence electrons. The van der Waals surface area contributed by atoms with Crippen molar-refractivity contribution < 1.29 is 28.2 Å². The molecule has 1 aromatic rings. The third kappa shape index (κ3) is 2.03. The lowest BCUT2D eigenvalue weighted by Crippen LogP contribution is -2.25. The summed E-state index contributed by atoms with van der Waals surface area (Å²) in [5.74, 6) is -4.82. The van der Waals surface area contributed by atoms with E-state index < -0.39 is 46.4 Å². The summed E-state index contributed by atoms with van der Waals surface area (Å²) in [4.78, 5) is 22.8. The lowest BCUT2D eigenvalue weighted by Gasteiger charge is -2.15. The van der Waals surface area contributed by atoms with Crippen LogP contribution < -0.4 is 5.32 Å². The second-order valence-electron chi connectivity index (χ2n) is 3.80. The molecule has 0 aromatic heterocycles. The largest absolute Gasteiger partial charge is 0.503 e. The smallest absolute Gasteiger partial charge is 0.340 e. The molecule has 2 N–H and O–H groups in total. The highest BCUT2D eigenvalue weighted by atomic mass is 19.1. The SMILES string of the molecule is COC(=O)C1=C(O)C(=O)NC1c1c(F)cccc1F. The predicted molar refractivity (Wildman–Crippen MR) is 58.9 cm³/mol. The molecule has 1 unspecified atom stereocenters. The van der Waals surface area contributed by atoms with Crippen molar-refractivity contribution in [3.8, 4) is 0 Å². The molecule has 1 aromatic carbocycles. The summed E-state index contributed by atoms with van der Waals surface area (Å²) in [7, 11) is 1.03. The van der Waals surface area contributed by atoms with Gasteiger partial charge in [0.1, 0.15) is 17.2 Å². The number of aliphatic hydroxyl groups is 1. The van der Waals surface area contributed by atoms with Crippen LogP contribution in [0.1, 0.15) is 11.6 Å². The zero-order valence-corrected chi connectivity index (χ0v) is 9.74. The molecule has 0 saturated heterocycles. The summed E-state index contributed by atoms with van der Waals surface area (Å²) >= 11 is 0. The Hall–Kier alpha value is -2.44. The first kappa shape index (κ1) is 13.0. The molecular weight excluding hydrogens is 260 g/mol. The molecule has 5 nitrogen and oxygen atoms in total. The summed E-state index contributed by atoms with van der Waals surface area (Å²) in [6, 6.07) is 1.69. The van der Waals surface area contributed by atoms with Crippen LogP contribution in [0.3, 0.4) is 0 Å². The zero-order chi connectivity index (χ0) is 14.2. The highest BCUT2D eigenvalue weighted by Gasteiger charge is 2.40. The van der Waals surface area contributed by atoms with Crippen LogP contribution in [0.2, 0.25) is 0 Å². The summed E-state index contributed by atoms with van der Waals surface area (Å²) in [5, 5.41) is 11.6. The van der Waals surface area contributed by atoms with E-state index in [0.717, 1.165) is 25.3 Å². The van der Waals surface area contributed by atoms with Gasteiger partial charge in [0.15, 0.2) is 5.76 Å². The Morgan fingerprint density at radius 1 is 1.37 bits per heavy atom. The zero-order valence-electron chi connectivity index (χ0n) is 9.74. The molecule has 0 fully saturated rings. The van der Waals surface area contributed by atoms with Crippen LogP contribution in [-0.2, 0) is 14.3 Å². The van der Waals surface area contributed by atoms with Crippen molar-refractivity contribution in [3.05, 3.63) is 46.7 Å². The number of halogens is 2. The molecule has 0 aliphatic carbocycles. The average Bonchev–Trinajstić information content (AvgIpc) is 2.65. The standard InChI is InChI=1S/C12H9F2NO4/c1-19-12(18)8-9(15-11(17)10(8)16)7-5(13)3-2-4-6(7)14/h2-4,9,16H,1H3,(H,15,17). The summed E-state index contributed by atoms with van der Waals surface area (Å²) in [6.45, 7) is 0.